The second kappa shape index (κ2) is 7.57. The first-order valence-corrected chi connectivity index (χ1v) is 10.5. The Hall–Kier alpha value is -2.78. The van der Waals surface area contributed by atoms with Crippen molar-refractivity contribution in [1.29, 1.82) is 0 Å². The number of nitrogens with zero attached hydrogens (tertiary/aromatic N) is 3. The molecule has 0 saturated carbocycles. The summed E-state index contributed by atoms with van der Waals surface area (Å²) in [5.41, 5.74) is 1.36. The zero-order valence-electron chi connectivity index (χ0n) is 15.7. The molecule has 6 nitrogen and oxygen atoms in total. The van der Waals surface area contributed by atoms with Crippen LogP contribution in [0.15, 0.2) is 66.1 Å². The van der Waals surface area contributed by atoms with Crippen LogP contribution in [0.25, 0.3) is 0 Å². The summed E-state index contributed by atoms with van der Waals surface area (Å²) >= 11 is 0. The van der Waals surface area contributed by atoms with Gasteiger partial charge in [-0.1, -0.05) is 30.3 Å². The number of halogens is 2. The second-order valence-corrected chi connectivity index (χ2v) is 8.98. The molecule has 2 unspecified atom stereocenters. The molecule has 1 aliphatic rings. The van der Waals surface area contributed by atoms with Gasteiger partial charge in [0.2, 0.25) is 0 Å². The van der Waals surface area contributed by atoms with Crippen LogP contribution >= 0.6 is 0 Å². The van der Waals surface area contributed by atoms with E-state index in [1.54, 1.807) is 11.6 Å². The Bertz CT molecular complexity index is 1120. The third kappa shape index (κ3) is 3.88. The topological polar surface area (TPSA) is 67.2 Å². The van der Waals surface area contributed by atoms with Gasteiger partial charge in [0.1, 0.15) is 0 Å². The molecule has 0 bridgehead atoms. The fourth-order valence-corrected chi connectivity index (χ4v) is 5.06. The monoisotopic (exact) mass is 418 g/mol. The number of benzene rings is 2. The first kappa shape index (κ1) is 19.5. The number of aromatic nitrogens is 2. The highest BCUT2D eigenvalue weighted by Crippen LogP contribution is 2.33. The lowest BCUT2D eigenvalue weighted by molar-refractivity contribution is 0.468. The van der Waals surface area contributed by atoms with Gasteiger partial charge in [-0.15, -0.1) is 0 Å². The summed E-state index contributed by atoms with van der Waals surface area (Å²) in [6, 6.07) is 12.8. The molecule has 1 aromatic heterocycles. The highest BCUT2D eigenvalue weighted by molar-refractivity contribution is 7.89. The van der Waals surface area contributed by atoms with Gasteiger partial charge in [-0.25, -0.2) is 22.2 Å². The number of hydrogen-bond donors (Lipinski definition) is 1. The summed E-state index contributed by atoms with van der Waals surface area (Å²) in [7, 11) is -2.07. The first-order valence-electron chi connectivity index (χ1n) is 9.09. The van der Waals surface area contributed by atoms with Crippen molar-refractivity contribution in [2.45, 2.75) is 17.0 Å². The Balaban J connectivity index is 1.65. The molecular formula is C20H20F2N4O2S. The summed E-state index contributed by atoms with van der Waals surface area (Å²) in [5, 5.41) is 3.16. The molecule has 1 aliphatic heterocycles. The van der Waals surface area contributed by atoms with E-state index in [1.165, 1.54) is 22.9 Å². The Morgan fingerprint density at radius 2 is 1.83 bits per heavy atom. The SMILES string of the molecule is Cn1cnc(S(=O)(=O)N2CC(Nc3ccc(F)c(F)c3)C(c3ccccc3)C2)c1. The van der Waals surface area contributed by atoms with E-state index in [9.17, 15) is 17.2 Å². The Morgan fingerprint density at radius 1 is 1.07 bits per heavy atom. The molecule has 3 aromatic rings. The zero-order chi connectivity index (χ0) is 20.6. The average Bonchev–Trinajstić information content (AvgIpc) is 3.33. The van der Waals surface area contributed by atoms with E-state index < -0.39 is 21.7 Å². The van der Waals surface area contributed by atoms with Crippen molar-refractivity contribution in [3.63, 3.8) is 0 Å². The maximum atomic E-state index is 13.6. The average molecular weight is 418 g/mol. The largest absolute Gasteiger partial charge is 0.380 e. The normalized spacial score (nSPS) is 20.1. The predicted molar refractivity (Wildman–Crippen MR) is 105 cm³/mol. The highest BCUT2D eigenvalue weighted by Gasteiger charge is 2.41. The van der Waals surface area contributed by atoms with Gasteiger partial charge < -0.3 is 9.88 Å². The first-order chi connectivity index (χ1) is 13.8. The van der Waals surface area contributed by atoms with Gasteiger partial charge in [-0.3, -0.25) is 0 Å². The minimum atomic E-state index is -3.77. The molecule has 2 aromatic carbocycles. The number of imidazole rings is 1. The van der Waals surface area contributed by atoms with Gasteiger partial charge in [0, 0.05) is 50.0 Å². The maximum Gasteiger partial charge on any atom is 0.262 e. The molecule has 0 spiro atoms. The van der Waals surface area contributed by atoms with Gasteiger partial charge in [-0.2, -0.15) is 4.31 Å². The Labute approximate surface area is 167 Å². The van der Waals surface area contributed by atoms with Gasteiger partial charge >= 0.3 is 0 Å². The summed E-state index contributed by atoms with van der Waals surface area (Å²) in [4.78, 5) is 3.98. The zero-order valence-corrected chi connectivity index (χ0v) is 16.5. The molecule has 2 heterocycles. The number of nitrogens with one attached hydrogen (secondary N) is 1. The summed E-state index contributed by atoms with van der Waals surface area (Å²) < 4.78 is 55.9. The van der Waals surface area contributed by atoms with Crippen LogP contribution in [0, 0.1) is 11.6 Å². The molecule has 1 N–H and O–H groups in total. The third-order valence-electron chi connectivity index (χ3n) is 5.07. The summed E-state index contributed by atoms with van der Waals surface area (Å²) in [5.74, 6) is -2.05. The smallest absolute Gasteiger partial charge is 0.262 e. The van der Waals surface area contributed by atoms with Crippen molar-refractivity contribution >= 4 is 15.7 Å². The molecule has 0 amide bonds. The molecular weight excluding hydrogens is 398 g/mol. The van der Waals surface area contributed by atoms with Crippen LogP contribution in [0.5, 0.6) is 0 Å². The van der Waals surface area contributed by atoms with E-state index >= 15 is 0 Å². The van der Waals surface area contributed by atoms with Crippen LogP contribution in [0.4, 0.5) is 14.5 Å². The summed E-state index contributed by atoms with van der Waals surface area (Å²) in [6.07, 6.45) is 2.90. The minimum Gasteiger partial charge on any atom is -0.380 e. The Kier molecular flexibility index (Phi) is 5.10. The lowest BCUT2D eigenvalue weighted by Gasteiger charge is -2.21. The van der Waals surface area contributed by atoms with Crippen molar-refractivity contribution in [3.05, 3.63) is 78.3 Å². The van der Waals surface area contributed by atoms with Crippen LogP contribution in [0.2, 0.25) is 0 Å². The quantitative estimate of drug-likeness (QED) is 0.692. The van der Waals surface area contributed by atoms with E-state index in [0.717, 1.165) is 17.7 Å². The van der Waals surface area contributed by atoms with Crippen LogP contribution in [-0.2, 0) is 17.1 Å². The third-order valence-corrected chi connectivity index (χ3v) is 6.79. The van der Waals surface area contributed by atoms with Crippen molar-refractivity contribution < 1.29 is 17.2 Å². The molecule has 0 radical (unpaired) electrons. The van der Waals surface area contributed by atoms with E-state index in [2.05, 4.69) is 10.3 Å². The minimum absolute atomic E-state index is 0.0136. The molecule has 1 saturated heterocycles. The number of hydrogen-bond acceptors (Lipinski definition) is 4. The molecule has 152 valence electrons. The molecule has 4 rings (SSSR count). The van der Waals surface area contributed by atoms with Gasteiger partial charge in [-0.05, 0) is 17.7 Å². The molecule has 2 atom stereocenters. The highest BCUT2D eigenvalue weighted by atomic mass is 32.2. The van der Waals surface area contributed by atoms with Gasteiger partial charge in [0.25, 0.3) is 10.0 Å². The van der Waals surface area contributed by atoms with Crippen LogP contribution < -0.4 is 5.32 Å². The van der Waals surface area contributed by atoms with Crippen molar-refractivity contribution in [2.24, 2.45) is 7.05 Å². The van der Waals surface area contributed by atoms with E-state index in [4.69, 9.17) is 0 Å². The lowest BCUT2D eigenvalue weighted by Crippen LogP contribution is -2.32. The van der Waals surface area contributed by atoms with Crippen LogP contribution in [-0.4, -0.2) is 41.4 Å². The summed E-state index contributed by atoms with van der Waals surface area (Å²) in [6.45, 7) is 0.432. The standard InChI is InChI=1S/C20H20F2N4O2S/c1-25-12-20(23-13-25)29(27,28)26-10-16(14-5-3-2-4-6-14)19(11-26)24-15-7-8-17(21)18(22)9-15/h2-9,12-13,16,19,24H,10-11H2,1H3. The molecule has 1 fully saturated rings. The fourth-order valence-electron chi connectivity index (χ4n) is 3.60. The van der Waals surface area contributed by atoms with Crippen molar-refractivity contribution in [3.8, 4) is 0 Å². The van der Waals surface area contributed by atoms with Crippen molar-refractivity contribution in [1.82, 2.24) is 13.9 Å². The maximum absolute atomic E-state index is 13.6. The molecule has 0 aliphatic carbocycles. The number of rotatable bonds is 5. The van der Waals surface area contributed by atoms with Crippen LogP contribution in [0.3, 0.4) is 0 Å². The van der Waals surface area contributed by atoms with E-state index in [-0.39, 0.29) is 30.1 Å². The lowest BCUT2D eigenvalue weighted by atomic mass is 9.94. The second-order valence-electron chi connectivity index (χ2n) is 7.10. The van der Waals surface area contributed by atoms with Crippen LogP contribution in [0.1, 0.15) is 11.5 Å². The number of sulfonamides is 1. The molecule has 9 heteroatoms. The fraction of sp³-hybridized carbons (Fsp3) is 0.250. The van der Waals surface area contributed by atoms with Crippen molar-refractivity contribution in [2.75, 3.05) is 18.4 Å². The van der Waals surface area contributed by atoms with E-state index in [0.29, 0.717) is 5.69 Å². The number of aryl methyl sites for hydroxylation is 1. The number of anilines is 1. The van der Waals surface area contributed by atoms with Gasteiger partial charge in [0.15, 0.2) is 16.7 Å². The molecule has 29 heavy (non-hydrogen) atoms. The predicted octanol–water partition coefficient (Wildman–Crippen LogP) is 2.97. The van der Waals surface area contributed by atoms with E-state index in [1.807, 2.05) is 30.3 Å². The van der Waals surface area contributed by atoms with Gasteiger partial charge in [0.05, 0.1) is 6.33 Å². The Morgan fingerprint density at radius 3 is 2.48 bits per heavy atom.